The zero-order valence-electron chi connectivity index (χ0n) is 26.2. The van der Waals surface area contributed by atoms with Gasteiger partial charge in [-0.1, -0.05) is 96.2 Å². The van der Waals surface area contributed by atoms with Crippen molar-refractivity contribution in [3.05, 3.63) is 135 Å². The molecule has 11 heteroatoms. The summed E-state index contributed by atoms with van der Waals surface area (Å²) in [7, 11) is 1.50. The molecular formula is C37H30ClN3O5S2. The maximum absolute atomic E-state index is 14.4. The van der Waals surface area contributed by atoms with Crippen LogP contribution < -0.4 is 15.6 Å². The number of carbonyl (C=O) groups is 2. The first-order valence-corrected chi connectivity index (χ1v) is 17.2. The molecule has 0 spiro atoms. The number of anilines is 1. The van der Waals surface area contributed by atoms with E-state index >= 15 is 0 Å². The van der Waals surface area contributed by atoms with Crippen LogP contribution in [0.3, 0.4) is 0 Å². The van der Waals surface area contributed by atoms with Crippen LogP contribution in [-0.2, 0) is 9.53 Å². The van der Waals surface area contributed by atoms with Gasteiger partial charge in [0.05, 0.1) is 30.3 Å². The van der Waals surface area contributed by atoms with Gasteiger partial charge in [0.2, 0.25) is 5.91 Å². The van der Waals surface area contributed by atoms with Crippen LogP contribution in [0.25, 0.3) is 27.7 Å². The summed E-state index contributed by atoms with van der Waals surface area (Å²) in [4.78, 5) is 46.7. The first kappa shape index (κ1) is 33.0. The van der Waals surface area contributed by atoms with Gasteiger partial charge in [-0.05, 0) is 48.7 Å². The Bertz CT molecular complexity index is 2190. The molecule has 4 aromatic carbocycles. The normalized spacial score (nSPS) is 11.7. The van der Waals surface area contributed by atoms with Crippen molar-refractivity contribution in [3.63, 3.8) is 0 Å². The van der Waals surface area contributed by atoms with E-state index < -0.39 is 17.1 Å². The molecule has 242 valence electrons. The van der Waals surface area contributed by atoms with Crippen LogP contribution in [0.2, 0.25) is 5.02 Å². The van der Waals surface area contributed by atoms with Gasteiger partial charge in [-0.3, -0.25) is 14.2 Å². The number of nitrogens with one attached hydrogen (secondary N) is 1. The first-order valence-electron chi connectivity index (χ1n) is 15.0. The lowest BCUT2D eigenvalue weighted by Gasteiger charge is -2.21. The number of carbonyl (C=O) groups excluding carboxylic acids is 2. The van der Waals surface area contributed by atoms with Gasteiger partial charge >= 0.3 is 5.97 Å². The lowest BCUT2D eigenvalue weighted by atomic mass is 10.0. The number of benzene rings is 4. The fraction of sp³-hybridized carbons (Fsp3) is 0.135. The number of hydrogen-bond donors (Lipinski definition) is 1. The number of amides is 1. The minimum Gasteiger partial charge on any atom is -0.495 e. The maximum Gasteiger partial charge on any atom is 0.341 e. The van der Waals surface area contributed by atoms with Crippen molar-refractivity contribution in [2.75, 3.05) is 19.0 Å². The van der Waals surface area contributed by atoms with E-state index in [9.17, 15) is 14.4 Å². The third-order valence-electron chi connectivity index (χ3n) is 7.60. The molecule has 1 atom stereocenters. The molecule has 0 aliphatic rings. The van der Waals surface area contributed by atoms with Crippen LogP contribution in [0.4, 0.5) is 5.00 Å². The second-order valence-electron chi connectivity index (χ2n) is 10.7. The fourth-order valence-electron chi connectivity index (χ4n) is 5.26. The molecule has 2 heterocycles. The molecule has 0 aliphatic carbocycles. The van der Waals surface area contributed by atoms with Gasteiger partial charge in [0, 0.05) is 22.0 Å². The molecule has 48 heavy (non-hydrogen) atoms. The third kappa shape index (κ3) is 6.60. The predicted molar refractivity (Wildman–Crippen MR) is 193 cm³/mol. The molecule has 0 fully saturated rings. The van der Waals surface area contributed by atoms with Crippen molar-refractivity contribution in [2.45, 2.75) is 24.3 Å². The largest absolute Gasteiger partial charge is 0.495 e. The van der Waals surface area contributed by atoms with E-state index in [-0.39, 0.29) is 22.9 Å². The van der Waals surface area contributed by atoms with E-state index in [1.165, 1.54) is 23.0 Å². The summed E-state index contributed by atoms with van der Waals surface area (Å²) in [5.41, 5.74) is 3.76. The van der Waals surface area contributed by atoms with Crippen molar-refractivity contribution in [3.8, 4) is 22.6 Å². The van der Waals surface area contributed by atoms with Crippen molar-refractivity contribution in [1.82, 2.24) is 9.55 Å². The van der Waals surface area contributed by atoms with Crippen molar-refractivity contribution in [1.29, 1.82) is 0 Å². The van der Waals surface area contributed by atoms with Gasteiger partial charge in [0.15, 0.2) is 5.16 Å². The molecule has 8 nitrogen and oxygen atoms in total. The summed E-state index contributed by atoms with van der Waals surface area (Å²) in [5, 5.41) is 5.47. The van der Waals surface area contributed by atoms with Gasteiger partial charge in [-0.15, -0.1) is 11.3 Å². The number of ether oxygens (including phenoxy) is 2. The molecule has 1 amide bonds. The number of aromatic nitrogens is 2. The summed E-state index contributed by atoms with van der Waals surface area (Å²) < 4.78 is 12.5. The molecule has 6 rings (SSSR count). The SMILES string of the molecule is CCOC(=O)c1c(-c2ccccc2)csc1NC(=O)[C@@H](Sc1nc2ccccc2c(=O)n1-c1cc(C)c(Cl)cc1OC)c1ccccc1. The second kappa shape index (κ2) is 14.5. The Hall–Kier alpha value is -4.90. The van der Waals surface area contributed by atoms with E-state index in [0.717, 1.165) is 22.9 Å². The molecule has 1 N–H and O–H groups in total. The molecule has 2 aromatic heterocycles. The minimum absolute atomic E-state index is 0.178. The highest BCUT2D eigenvalue weighted by Gasteiger charge is 2.30. The van der Waals surface area contributed by atoms with Crippen LogP contribution in [0, 0.1) is 6.92 Å². The maximum atomic E-state index is 14.4. The quantitative estimate of drug-likeness (QED) is 0.0869. The highest BCUT2D eigenvalue weighted by atomic mass is 35.5. The number of thiophene rings is 1. The molecule has 0 bridgehead atoms. The molecule has 0 radical (unpaired) electrons. The zero-order chi connectivity index (χ0) is 33.8. The Labute approximate surface area is 290 Å². The number of methoxy groups -OCH3 is 1. The van der Waals surface area contributed by atoms with E-state index in [1.807, 2.05) is 73.0 Å². The number of halogens is 1. The number of fused-ring (bicyclic) bond motifs is 1. The van der Waals surface area contributed by atoms with Crippen LogP contribution in [0.5, 0.6) is 5.75 Å². The second-order valence-corrected chi connectivity index (χ2v) is 13.0. The predicted octanol–water partition coefficient (Wildman–Crippen LogP) is 8.73. The number of esters is 1. The number of hydrogen-bond acceptors (Lipinski definition) is 8. The van der Waals surface area contributed by atoms with E-state index in [1.54, 1.807) is 43.3 Å². The monoisotopic (exact) mass is 695 g/mol. The van der Waals surface area contributed by atoms with E-state index in [4.69, 9.17) is 26.1 Å². The molecule has 0 saturated heterocycles. The number of nitrogens with zero attached hydrogens (tertiary/aromatic N) is 2. The highest BCUT2D eigenvalue weighted by Crippen LogP contribution is 2.41. The standard InChI is InChI=1S/C37H30ClN3O5S2/c1-4-46-36(44)31-26(23-13-7-5-8-14-23)21-47-34(31)40-33(42)32(24-15-9-6-10-16-24)48-37-39-28-18-12-11-17-25(28)35(43)41(37)29-19-22(2)27(38)20-30(29)45-3/h5-21,32H,4H2,1-3H3,(H,40,42)/t32-/m0/s1. The Balaban J connectivity index is 1.48. The van der Waals surface area contributed by atoms with Gasteiger partial charge in [-0.2, -0.15) is 0 Å². The van der Waals surface area contributed by atoms with Crippen LogP contribution >= 0.6 is 34.7 Å². The van der Waals surface area contributed by atoms with Gasteiger partial charge in [0.25, 0.3) is 5.56 Å². The lowest BCUT2D eigenvalue weighted by molar-refractivity contribution is -0.115. The molecular weight excluding hydrogens is 666 g/mol. The summed E-state index contributed by atoms with van der Waals surface area (Å²) in [6.07, 6.45) is 0. The van der Waals surface area contributed by atoms with Crippen LogP contribution in [0.1, 0.15) is 33.7 Å². The number of rotatable bonds is 10. The highest BCUT2D eigenvalue weighted by molar-refractivity contribution is 8.00. The van der Waals surface area contributed by atoms with Crippen LogP contribution in [-0.4, -0.2) is 35.1 Å². The van der Waals surface area contributed by atoms with Crippen molar-refractivity contribution in [2.24, 2.45) is 0 Å². The molecule has 0 unspecified atom stereocenters. The topological polar surface area (TPSA) is 99.5 Å². The van der Waals surface area contributed by atoms with Crippen LogP contribution in [0.15, 0.2) is 112 Å². The average molecular weight is 696 g/mol. The zero-order valence-corrected chi connectivity index (χ0v) is 28.6. The Morgan fingerprint density at radius 3 is 2.40 bits per heavy atom. The number of thioether (sulfide) groups is 1. The molecule has 6 aromatic rings. The number of aryl methyl sites for hydroxylation is 1. The average Bonchev–Trinajstić information content (AvgIpc) is 3.52. The summed E-state index contributed by atoms with van der Waals surface area (Å²) in [6.45, 7) is 3.75. The van der Waals surface area contributed by atoms with E-state index in [2.05, 4.69) is 5.32 Å². The van der Waals surface area contributed by atoms with Gasteiger partial charge < -0.3 is 14.8 Å². The molecule has 0 aliphatic heterocycles. The lowest BCUT2D eigenvalue weighted by Crippen LogP contribution is -2.25. The summed E-state index contributed by atoms with van der Waals surface area (Å²) >= 11 is 8.79. The third-order valence-corrected chi connectivity index (χ3v) is 10.1. The summed E-state index contributed by atoms with van der Waals surface area (Å²) in [6, 6.07) is 29.1. The molecule has 0 saturated carbocycles. The van der Waals surface area contributed by atoms with Gasteiger partial charge in [0.1, 0.15) is 21.6 Å². The summed E-state index contributed by atoms with van der Waals surface area (Å²) in [5.74, 6) is -0.572. The Kier molecular flexibility index (Phi) is 9.95. The van der Waals surface area contributed by atoms with Crippen molar-refractivity contribution >= 4 is 62.5 Å². The van der Waals surface area contributed by atoms with E-state index in [0.29, 0.717) is 43.5 Å². The smallest absolute Gasteiger partial charge is 0.341 e. The fourth-order valence-corrected chi connectivity index (χ4v) is 7.48. The van der Waals surface area contributed by atoms with Gasteiger partial charge in [-0.25, -0.2) is 9.78 Å². The Morgan fingerprint density at radius 2 is 1.69 bits per heavy atom. The van der Waals surface area contributed by atoms with Crippen molar-refractivity contribution < 1.29 is 19.1 Å². The minimum atomic E-state index is -0.887. The number of para-hydroxylation sites is 1. The Morgan fingerprint density at radius 1 is 1.00 bits per heavy atom. The first-order chi connectivity index (χ1) is 23.3.